The molecular weight excluding hydrogens is 318 g/mol. The maximum absolute atomic E-state index is 10.4. The summed E-state index contributed by atoms with van der Waals surface area (Å²) >= 11 is 0. The van der Waals surface area contributed by atoms with Gasteiger partial charge in [0.1, 0.15) is 0 Å². The number of benzene rings is 1. The number of aliphatic hydroxyl groups is 1. The average molecular weight is 339 g/mol. The predicted molar refractivity (Wildman–Crippen MR) is 92.3 cm³/mol. The van der Waals surface area contributed by atoms with E-state index < -0.39 is 6.10 Å². The Hall–Kier alpha value is -2.74. The highest BCUT2D eigenvalue weighted by Gasteiger charge is 2.34. The van der Waals surface area contributed by atoms with Gasteiger partial charge in [0, 0.05) is 18.9 Å². The van der Waals surface area contributed by atoms with Crippen LogP contribution in [0.3, 0.4) is 0 Å². The summed E-state index contributed by atoms with van der Waals surface area (Å²) in [7, 11) is 0. The zero-order valence-electron chi connectivity index (χ0n) is 14.0. The van der Waals surface area contributed by atoms with E-state index in [2.05, 4.69) is 25.9 Å². The molecule has 1 aliphatic carbocycles. The molecule has 1 aromatic carbocycles. The van der Waals surface area contributed by atoms with Crippen molar-refractivity contribution in [1.29, 1.82) is 0 Å². The largest absolute Gasteiger partial charge is 0.391 e. The van der Waals surface area contributed by atoms with Crippen molar-refractivity contribution in [2.24, 2.45) is 5.92 Å². The number of aryl methyl sites for hydroxylation is 1. The van der Waals surface area contributed by atoms with Crippen LogP contribution in [0.2, 0.25) is 0 Å². The first kappa shape index (κ1) is 15.8. The molecule has 2 aromatic heterocycles. The summed E-state index contributed by atoms with van der Waals surface area (Å²) < 4.78 is 3.57. The smallest absolute Gasteiger partial charge is 0.248 e. The fourth-order valence-corrected chi connectivity index (χ4v) is 3.40. The Labute approximate surface area is 145 Å². The van der Waals surface area contributed by atoms with E-state index in [1.54, 1.807) is 10.9 Å². The van der Waals surface area contributed by atoms with Gasteiger partial charge in [0.25, 0.3) is 0 Å². The van der Waals surface area contributed by atoms with E-state index in [1.165, 1.54) is 5.56 Å². The van der Waals surface area contributed by atoms with Gasteiger partial charge in [-0.25, -0.2) is 0 Å². The normalized spacial score (nSPS) is 23.0. The molecule has 8 nitrogen and oxygen atoms in total. The third-order valence-corrected chi connectivity index (χ3v) is 4.69. The summed E-state index contributed by atoms with van der Waals surface area (Å²) in [6.07, 6.45) is 4.89. The number of nitrogens with zero attached hydrogens (tertiary/aromatic N) is 6. The van der Waals surface area contributed by atoms with Gasteiger partial charge in [-0.1, -0.05) is 22.8 Å². The number of nitrogens with one attached hydrogen (secondary N) is 1. The van der Waals surface area contributed by atoms with Crippen molar-refractivity contribution >= 4 is 5.95 Å². The Morgan fingerprint density at radius 3 is 2.84 bits per heavy atom. The topological polar surface area (TPSA) is 93.7 Å². The molecule has 4 rings (SSSR count). The van der Waals surface area contributed by atoms with Gasteiger partial charge in [0.15, 0.2) is 0 Å². The SMILES string of the molecule is Cc1ccc(-n2nnnc2N[C@@H]2CC(Cn3cccn3)C[C@H]2O)cc1. The van der Waals surface area contributed by atoms with E-state index in [0.717, 1.165) is 25.1 Å². The molecule has 1 fully saturated rings. The van der Waals surface area contributed by atoms with Crippen LogP contribution in [0.15, 0.2) is 42.7 Å². The van der Waals surface area contributed by atoms with E-state index >= 15 is 0 Å². The minimum absolute atomic E-state index is 0.0734. The van der Waals surface area contributed by atoms with Crippen LogP contribution in [-0.2, 0) is 6.54 Å². The number of anilines is 1. The first-order valence-electron chi connectivity index (χ1n) is 8.46. The Bertz CT molecular complexity index is 812. The standard InChI is InChI=1S/C17H21N7O/c1-12-3-5-14(6-4-12)24-17(20-21-22-24)19-15-9-13(10-16(15)25)11-23-8-2-7-18-23/h2-8,13,15-16,25H,9-11H2,1H3,(H,19,20,22)/t13?,15-,16-/m1/s1. The van der Waals surface area contributed by atoms with Crippen molar-refractivity contribution < 1.29 is 5.11 Å². The Balaban J connectivity index is 1.46. The third-order valence-electron chi connectivity index (χ3n) is 4.69. The predicted octanol–water partition coefficient (Wildman–Crippen LogP) is 1.42. The summed E-state index contributed by atoms with van der Waals surface area (Å²) in [6.45, 7) is 2.85. The van der Waals surface area contributed by atoms with Gasteiger partial charge in [-0.15, -0.1) is 0 Å². The molecule has 130 valence electrons. The molecule has 2 heterocycles. The molecule has 0 spiro atoms. The number of hydrogen-bond donors (Lipinski definition) is 2. The Morgan fingerprint density at radius 1 is 1.24 bits per heavy atom. The van der Waals surface area contributed by atoms with Gasteiger partial charge in [-0.2, -0.15) is 9.78 Å². The van der Waals surface area contributed by atoms with Crippen LogP contribution < -0.4 is 5.32 Å². The van der Waals surface area contributed by atoms with Crippen LogP contribution in [0, 0.1) is 12.8 Å². The second-order valence-corrected chi connectivity index (χ2v) is 6.63. The lowest BCUT2D eigenvalue weighted by Gasteiger charge is -2.16. The molecule has 1 saturated carbocycles. The molecule has 3 atom stereocenters. The van der Waals surface area contributed by atoms with Crippen LogP contribution in [0.25, 0.3) is 5.69 Å². The third kappa shape index (κ3) is 3.39. The second kappa shape index (κ2) is 6.64. The van der Waals surface area contributed by atoms with Gasteiger partial charge in [-0.05, 0) is 54.3 Å². The van der Waals surface area contributed by atoms with Crippen molar-refractivity contribution in [2.75, 3.05) is 5.32 Å². The van der Waals surface area contributed by atoms with Crippen molar-refractivity contribution in [1.82, 2.24) is 30.0 Å². The van der Waals surface area contributed by atoms with Gasteiger partial charge in [0.05, 0.1) is 17.8 Å². The fraction of sp³-hybridized carbons (Fsp3) is 0.412. The maximum Gasteiger partial charge on any atom is 0.248 e. The summed E-state index contributed by atoms with van der Waals surface area (Å²) in [5, 5.41) is 29.9. The van der Waals surface area contributed by atoms with Crippen LogP contribution in [0.5, 0.6) is 0 Å². The molecule has 25 heavy (non-hydrogen) atoms. The summed E-state index contributed by atoms with van der Waals surface area (Å²) in [5.74, 6) is 0.920. The number of tetrazole rings is 1. The van der Waals surface area contributed by atoms with Gasteiger partial charge >= 0.3 is 0 Å². The van der Waals surface area contributed by atoms with Gasteiger partial charge in [-0.3, -0.25) is 4.68 Å². The monoisotopic (exact) mass is 339 g/mol. The Morgan fingerprint density at radius 2 is 2.08 bits per heavy atom. The molecular formula is C17H21N7O. The molecule has 0 amide bonds. The first-order chi connectivity index (χ1) is 12.2. The highest BCUT2D eigenvalue weighted by atomic mass is 16.3. The average Bonchev–Trinajstić information content (AvgIpc) is 3.32. The molecule has 0 bridgehead atoms. The van der Waals surface area contributed by atoms with E-state index in [9.17, 15) is 5.11 Å². The van der Waals surface area contributed by atoms with Gasteiger partial charge < -0.3 is 10.4 Å². The summed E-state index contributed by atoms with van der Waals surface area (Å²) in [6, 6.07) is 9.83. The van der Waals surface area contributed by atoms with Crippen LogP contribution in [0.1, 0.15) is 18.4 Å². The molecule has 1 aliphatic rings. The lowest BCUT2D eigenvalue weighted by molar-refractivity contribution is 0.165. The highest BCUT2D eigenvalue weighted by molar-refractivity contribution is 5.40. The number of aliphatic hydroxyl groups excluding tert-OH is 1. The Kier molecular flexibility index (Phi) is 4.19. The molecule has 8 heteroatoms. The van der Waals surface area contributed by atoms with Crippen LogP contribution >= 0.6 is 0 Å². The number of hydrogen-bond acceptors (Lipinski definition) is 6. The van der Waals surface area contributed by atoms with E-state index in [0.29, 0.717) is 11.9 Å². The summed E-state index contributed by atoms with van der Waals surface area (Å²) in [4.78, 5) is 0. The van der Waals surface area contributed by atoms with E-state index in [4.69, 9.17) is 0 Å². The molecule has 2 N–H and O–H groups in total. The lowest BCUT2D eigenvalue weighted by Crippen LogP contribution is -2.29. The summed E-state index contributed by atoms with van der Waals surface area (Å²) in [5.41, 5.74) is 2.07. The molecule has 0 radical (unpaired) electrons. The van der Waals surface area contributed by atoms with Crippen molar-refractivity contribution in [3.8, 4) is 5.69 Å². The lowest BCUT2D eigenvalue weighted by atomic mass is 10.1. The molecule has 0 saturated heterocycles. The van der Waals surface area contributed by atoms with Crippen LogP contribution in [0.4, 0.5) is 5.95 Å². The zero-order valence-corrected chi connectivity index (χ0v) is 14.0. The highest BCUT2D eigenvalue weighted by Crippen LogP contribution is 2.29. The molecule has 0 aliphatic heterocycles. The number of aromatic nitrogens is 6. The minimum atomic E-state index is -0.427. The molecule has 1 unspecified atom stereocenters. The van der Waals surface area contributed by atoms with Gasteiger partial charge in [0.2, 0.25) is 5.95 Å². The quantitative estimate of drug-likeness (QED) is 0.730. The minimum Gasteiger partial charge on any atom is -0.391 e. The fourth-order valence-electron chi connectivity index (χ4n) is 3.40. The van der Waals surface area contributed by atoms with E-state index in [1.807, 2.05) is 48.1 Å². The number of rotatable bonds is 5. The first-order valence-corrected chi connectivity index (χ1v) is 8.46. The van der Waals surface area contributed by atoms with Crippen LogP contribution in [-0.4, -0.2) is 47.2 Å². The molecule has 3 aromatic rings. The van der Waals surface area contributed by atoms with E-state index in [-0.39, 0.29) is 6.04 Å². The zero-order chi connectivity index (χ0) is 17.2. The van der Waals surface area contributed by atoms with Crippen molar-refractivity contribution in [3.63, 3.8) is 0 Å². The maximum atomic E-state index is 10.4. The van der Waals surface area contributed by atoms with Crippen molar-refractivity contribution in [2.45, 2.75) is 38.5 Å². The second-order valence-electron chi connectivity index (χ2n) is 6.63. The van der Waals surface area contributed by atoms with Crippen molar-refractivity contribution in [3.05, 3.63) is 48.3 Å².